The lowest BCUT2D eigenvalue weighted by atomic mass is 10.2. The molecule has 0 aromatic carbocycles. The number of aliphatic hydroxyl groups excluding tert-OH is 1. The molecular weight excluding hydrogens is 317 g/mol. The van der Waals surface area contributed by atoms with Crippen LogP contribution in [-0.4, -0.2) is 78.3 Å². The molecule has 1 unspecified atom stereocenters. The van der Waals surface area contributed by atoms with Gasteiger partial charge in [0, 0.05) is 33.2 Å². The minimum Gasteiger partial charge on any atom is -0.390 e. The lowest BCUT2D eigenvalue weighted by Gasteiger charge is -2.30. The molecule has 0 saturated carbocycles. The highest BCUT2D eigenvalue weighted by Gasteiger charge is 2.20. The number of amides is 1. The maximum Gasteiger partial charge on any atom is 0.270 e. The number of carbonyl (C=O) groups excluding carboxylic acids is 1. The number of likely N-dealkylation sites (N-methyl/N-ethyl adjacent to an activating group) is 1. The number of aromatic amines is 1. The van der Waals surface area contributed by atoms with Gasteiger partial charge in [0.15, 0.2) is 0 Å². The SMILES string of the molecule is CN(CC(O)CN1CCOCC1)C(=O)c1cc(Cl)c(Cl)[nH]1. The Labute approximate surface area is 133 Å². The van der Waals surface area contributed by atoms with Gasteiger partial charge in [-0.2, -0.15) is 0 Å². The summed E-state index contributed by atoms with van der Waals surface area (Å²) < 4.78 is 5.25. The summed E-state index contributed by atoms with van der Waals surface area (Å²) in [5.74, 6) is -0.259. The van der Waals surface area contributed by atoms with Gasteiger partial charge in [-0.25, -0.2) is 0 Å². The molecular formula is C13H19Cl2N3O3. The van der Waals surface area contributed by atoms with E-state index in [0.29, 0.717) is 30.5 Å². The Balaban J connectivity index is 1.84. The number of aliphatic hydroxyl groups is 1. The first-order valence-electron chi connectivity index (χ1n) is 6.75. The Morgan fingerprint density at radius 1 is 1.52 bits per heavy atom. The average molecular weight is 336 g/mol. The van der Waals surface area contributed by atoms with Gasteiger partial charge in [-0.15, -0.1) is 0 Å². The Morgan fingerprint density at radius 3 is 2.76 bits per heavy atom. The number of H-pyrrole nitrogens is 1. The maximum absolute atomic E-state index is 12.2. The second kappa shape index (κ2) is 7.47. The first kappa shape index (κ1) is 16.6. The van der Waals surface area contributed by atoms with E-state index in [1.807, 2.05) is 0 Å². The van der Waals surface area contributed by atoms with Crippen LogP contribution in [-0.2, 0) is 4.74 Å². The van der Waals surface area contributed by atoms with Gasteiger partial charge < -0.3 is 19.7 Å². The van der Waals surface area contributed by atoms with Crippen LogP contribution in [0.1, 0.15) is 10.5 Å². The first-order chi connectivity index (χ1) is 9.97. The van der Waals surface area contributed by atoms with Gasteiger partial charge >= 0.3 is 0 Å². The van der Waals surface area contributed by atoms with Crippen LogP contribution >= 0.6 is 23.2 Å². The van der Waals surface area contributed by atoms with Crippen LogP contribution in [0.3, 0.4) is 0 Å². The van der Waals surface area contributed by atoms with E-state index in [0.717, 1.165) is 13.1 Å². The highest BCUT2D eigenvalue weighted by atomic mass is 35.5. The molecule has 0 spiro atoms. The largest absolute Gasteiger partial charge is 0.390 e. The van der Waals surface area contributed by atoms with Crippen molar-refractivity contribution in [3.05, 3.63) is 21.9 Å². The van der Waals surface area contributed by atoms with Crippen molar-refractivity contribution in [2.75, 3.05) is 46.4 Å². The van der Waals surface area contributed by atoms with Crippen molar-refractivity contribution in [1.82, 2.24) is 14.8 Å². The Morgan fingerprint density at radius 2 is 2.19 bits per heavy atom. The lowest BCUT2D eigenvalue weighted by molar-refractivity contribution is 0.00874. The first-order valence-corrected chi connectivity index (χ1v) is 7.50. The number of morpholine rings is 1. The molecule has 8 heteroatoms. The fourth-order valence-corrected chi connectivity index (χ4v) is 2.58. The number of rotatable bonds is 5. The van der Waals surface area contributed by atoms with E-state index in [4.69, 9.17) is 27.9 Å². The van der Waals surface area contributed by atoms with Crippen LogP contribution in [0.4, 0.5) is 0 Å². The highest BCUT2D eigenvalue weighted by molar-refractivity contribution is 6.41. The lowest BCUT2D eigenvalue weighted by Crippen LogP contribution is -2.45. The summed E-state index contributed by atoms with van der Waals surface area (Å²) in [7, 11) is 1.63. The van der Waals surface area contributed by atoms with Crippen LogP contribution in [0.15, 0.2) is 6.07 Å². The number of hydrogen-bond acceptors (Lipinski definition) is 4. The van der Waals surface area contributed by atoms with Gasteiger partial charge in [0.1, 0.15) is 10.8 Å². The zero-order valence-corrected chi connectivity index (χ0v) is 13.3. The standard InChI is InChI=1S/C13H19Cl2N3O3/c1-17(13(20)11-6-10(14)12(15)16-11)7-9(19)8-18-2-4-21-5-3-18/h6,9,16,19H,2-5,7-8H2,1H3. The van der Waals surface area contributed by atoms with E-state index in [2.05, 4.69) is 9.88 Å². The molecule has 1 aliphatic rings. The molecule has 1 amide bonds. The molecule has 21 heavy (non-hydrogen) atoms. The molecule has 1 aromatic rings. The Kier molecular flexibility index (Phi) is 5.89. The molecule has 118 valence electrons. The molecule has 2 N–H and O–H groups in total. The molecule has 1 aliphatic heterocycles. The van der Waals surface area contributed by atoms with Gasteiger partial charge in [-0.1, -0.05) is 23.2 Å². The summed E-state index contributed by atoms with van der Waals surface area (Å²) in [5, 5.41) is 10.6. The number of nitrogens with zero attached hydrogens (tertiary/aromatic N) is 2. The number of β-amino-alcohol motifs (C(OH)–C–C–N with tert-alkyl or cyclic N) is 1. The predicted molar refractivity (Wildman–Crippen MR) is 81.0 cm³/mol. The fraction of sp³-hybridized carbons (Fsp3) is 0.615. The van der Waals surface area contributed by atoms with Gasteiger partial charge in [0.25, 0.3) is 5.91 Å². The van der Waals surface area contributed by atoms with E-state index < -0.39 is 6.10 Å². The highest BCUT2D eigenvalue weighted by Crippen LogP contribution is 2.22. The third kappa shape index (κ3) is 4.59. The topological polar surface area (TPSA) is 68.8 Å². The number of aromatic nitrogens is 1. The summed E-state index contributed by atoms with van der Waals surface area (Å²) in [6.45, 7) is 3.73. The quantitative estimate of drug-likeness (QED) is 0.845. The van der Waals surface area contributed by atoms with Crippen LogP contribution in [0.25, 0.3) is 0 Å². The van der Waals surface area contributed by atoms with E-state index in [9.17, 15) is 9.90 Å². The molecule has 0 radical (unpaired) electrons. The average Bonchev–Trinajstić information content (AvgIpc) is 2.78. The number of carbonyl (C=O) groups is 1. The van der Waals surface area contributed by atoms with E-state index in [1.54, 1.807) is 7.05 Å². The van der Waals surface area contributed by atoms with Crippen molar-refractivity contribution in [3.8, 4) is 0 Å². The molecule has 2 heterocycles. The number of halogens is 2. The zero-order chi connectivity index (χ0) is 15.4. The summed E-state index contributed by atoms with van der Waals surface area (Å²) >= 11 is 11.6. The third-order valence-corrected chi connectivity index (χ3v) is 4.05. The van der Waals surface area contributed by atoms with Gasteiger partial charge in [0.05, 0.1) is 24.3 Å². The molecule has 1 aromatic heterocycles. The molecule has 1 atom stereocenters. The predicted octanol–water partition coefficient (Wildman–Crippen LogP) is 1.09. The molecule has 0 aliphatic carbocycles. The smallest absolute Gasteiger partial charge is 0.270 e. The molecule has 1 saturated heterocycles. The molecule has 6 nitrogen and oxygen atoms in total. The maximum atomic E-state index is 12.2. The van der Waals surface area contributed by atoms with Gasteiger partial charge in [-0.05, 0) is 6.07 Å². The van der Waals surface area contributed by atoms with E-state index >= 15 is 0 Å². The Hall–Kier alpha value is -0.790. The van der Waals surface area contributed by atoms with Crippen LogP contribution in [0.5, 0.6) is 0 Å². The molecule has 1 fully saturated rings. The normalized spacial score (nSPS) is 17.7. The van der Waals surface area contributed by atoms with E-state index in [-0.39, 0.29) is 17.6 Å². The van der Waals surface area contributed by atoms with Crippen molar-refractivity contribution in [2.24, 2.45) is 0 Å². The summed E-state index contributed by atoms with van der Waals surface area (Å²) in [5.41, 5.74) is 0.311. The van der Waals surface area contributed by atoms with E-state index in [1.165, 1.54) is 11.0 Å². The van der Waals surface area contributed by atoms with Gasteiger partial charge in [0.2, 0.25) is 0 Å². The third-order valence-electron chi connectivity index (χ3n) is 3.36. The number of nitrogens with one attached hydrogen (secondary N) is 1. The summed E-state index contributed by atoms with van der Waals surface area (Å²) in [6, 6.07) is 1.48. The monoisotopic (exact) mass is 335 g/mol. The number of hydrogen-bond donors (Lipinski definition) is 2. The Bertz CT molecular complexity index is 470. The van der Waals surface area contributed by atoms with Crippen molar-refractivity contribution in [3.63, 3.8) is 0 Å². The second-order valence-electron chi connectivity index (χ2n) is 5.10. The van der Waals surface area contributed by atoms with Gasteiger partial charge in [-0.3, -0.25) is 9.69 Å². The summed E-state index contributed by atoms with van der Waals surface area (Å²) in [4.78, 5) is 18.5. The van der Waals surface area contributed by atoms with Crippen LogP contribution in [0.2, 0.25) is 10.2 Å². The zero-order valence-electron chi connectivity index (χ0n) is 11.8. The van der Waals surface area contributed by atoms with Crippen molar-refractivity contribution >= 4 is 29.1 Å². The van der Waals surface area contributed by atoms with Crippen LogP contribution in [0, 0.1) is 0 Å². The summed E-state index contributed by atoms with van der Waals surface area (Å²) in [6.07, 6.45) is -0.613. The van der Waals surface area contributed by atoms with Crippen LogP contribution < -0.4 is 0 Å². The van der Waals surface area contributed by atoms with Crippen molar-refractivity contribution < 1.29 is 14.6 Å². The molecule has 0 bridgehead atoms. The minimum absolute atomic E-state index is 0.238. The minimum atomic E-state index is -0.613. The number of ether oxygens (including phenoxy) is 1. The van der Waals surface area contributed by atoms with Crippen molar-refractivity contribution in [1.29, 1.82) is 0 Å². The molecule has 2 rings (SSSR count). The fourth-order valence-electron chi connectivity index (χ4n) is 2.26. The second-order valence-corrected chi connectivity index (χ2v) is 5.88. The van der Waals surface area contributed by atoms with Crippen molar-refractivity contribution in [2.45, 2.75) is 6.10 Å².